The SMILES string of the molecule is CCCN(CCC)C(=O)CSc1nnc(-c2ccccc2)o1. The number of carbonyl (C=O) groups is 1. The number of benzene rings is 1. The molecule has 5 nitrogen and oxygen atoms in total. The zero-order valence-electron chi connectivity index (χ0n) is 13.0. The number of aromatic nitrogens is 2. The maximum Gasteiger partial charge on any atom is 0.277 e. The van der Waals surface area contributed by atoms with Crippen LogP contribution in [-0.2, 0) is 4.79 Å². The van der Waals surface area contributed by atoms with E-state index in [1.54, 1.807) is 0 Å². The van der Waals surface area contributed by atoms with Gasteiger partial charge in [-0.05, 0) is 25.0 Å². The topological polar surface area (TPSA) is 59.2 Å². The first-order valence-electron chi connectivity index (χ1n) is 7.54. The van der Waals surface area contributed by atoms with Crippen LogP contribution in [0.4, 0.5) is 0 Å². The van der Waals surface area contributed by atoms with Crippen LogP contribution in [0, 0.1) is 0 Å². The highest BCUT2D eigenvalue weighted by molar-refractivity contribution is 7.99. The Labute approximate surface area is 135 Å². The van der Waals surface area contributed by atoms with Crippen LogP contribution in [0.25, 0.3) is 11.5 Å². The van der Waals surface area contributed by atoms with Gasteiger partial charge in [-0.15, -0.1) is 10.2 Å². The van der Waals surface area contributed by atoms with Crippen molar-refractivity contribution >= 4 is 17.7 Å². The zero-order chi connectivity index (χ0) is 15.8. The quantitative estimate of drug-likeness (QED) is 0.697. The van der Waals surface area contributed by atoms with Gasteiger partial charge < -0.3 is 9.32 Å². The molecule has 0 aliphatic carbocycles. The van der Waals surface area contributed by atoms with E-state index in [4.69, 9.17) is 4.42 Å². The molecule has 0 unspecified atom stereocenters. The molecule has 0 radical (unpaired) electrons. The molecule has 0 N–H and O–H groups in total. The predicted molar refractivity (Wildman–Crippen MR) is 87.6 cm³/mol. The van der Waals surface area contributed by atoms with Gasteiger partial charge >= 0.3 is 0 Å². The van der Waals surface area contributed by atoms with Crippen LogP contribution >= 0.6 is 11.8 Å². The van der Waals surface area contributed by atoms with Gasteiger partial charge in [0, 0.05) is 18.7 Å². The monoisotopic (exact) mass is 319 g/mol. The van der Waals surface area contributed by atoms with Crippen molar-refractivity contribution < 1.29 is 9.21 Å². The molecule has 0 aliphatic heterocycles. The summed E-state index contributed by atoms with van der Waals surface area (Å²) >= 11 is 1.29. The Balaban J connectivity index is 1.92. The molecule has 0 fully saturated rings. The van der Waals surface area contributed by atoms with Crippen LogP contribution in [0.1, 0.15) is 26.7 Å². The van der Waals surface area contributed by atoms with Crippen molar-refractivity contribution in [1.29, 1.82) is 0 Å². The van der Waals surface area contributed by atoms with Crippen molar-refractivity contribution in [3.8, 4) is 11.5 Å². The minimum absolute atomic E-state index is 0.119. The summed E-state index contributed by atoms with van der Waals surface area (Å²) in [6.45, 7) is 5.75. The van der Waals surface area contributed by atoms with Gasteiger partial charge in [0.15, 0.2) is 0 Å². The number of rotatable bonds is 8. The van der Waals surface area contributed by atoms with Crippen LogP contribution in [-0.4, -0.2) is 39.8 Å². The van der Waals surface area contributed by atoms with Crippen molar-refractivity contribution in [1.82, 2.24) is 15.1 Å². The van der Waals surface area contributed by atoms with Crippen molar-refractivity contribution in [2.75, 3.05) is 18.8 Å². The van der Waals surface area contributed by atoms with Crippen molar-refractivity contribution in [2.24, 2.45) is 0 Å². The summed E-state index contributed by atoms with van der Waals surface area (Å²) in [7, 11) is 0. The molecule has 2 aromatic rings. The van der Waals surface area contributed by atoms with E-state index in [1.807, 2.05) is 35.2 Å². The Kier molecular flexibility index (Phi) is 6.45. The van der Waals surface area contributed by atoms with E-state index in [1.165, 1.54) is 11.8 Å². The Morgan fingerprint density at radius 1 is 1.14 bits per heavy atom. The minimum atomic E-state index is 0.119. The second-order valence-corrected chi connectivity index (χ2v) is 5.84. The van der Waals surface area contributed by atoms with Crippen LogP contribution < -0.4 is 0 Å². The Morgan fingerprint density at radius 2 is 1.82 bits per heavy atom. The lowest BCUT2D eigenvalue weighted by Crippen LogP contribution is -2.33. The molecule has 0 aliphatic rings. The number of thioether (sulfide) groups is 1. The van der Waals surface area contributed by atoms with Crippen molar-refractivity contribution in [2.45, 2.75) is 31.9 Å². The molecule has 0 spiro atoms. The van der Waals surface area contributed by atoms with Crippen molar-refractivity contribution in [3.63, 3.8) is 0 Å². The third-order valence-corrected chi connectivity index (χ3v) is 3.89. The van der Waals surface area contributed by atoms with Gasteiger partial charge in [-0.25, -0.2) is 0 Å². The second-order valence-electron chi connectivity index (χ2n) is 4.91. The van der Waals surface area contributed by atoms with Gasteiger partial charge in [-0.2, -0.15) is 0 Å². The van der Waals surface area contributed by atoms with Gasteiger partial charge in [0.2, 0.25) is 11.8 Å². The summed E-state index contributed by atoms with van der Waals surface area (Å²) in [5, 5.41) is 8.44. The fourth-order valence-corrected chi connectivity index (χ4v) is 2.75. The van der Waals surface area contributed by atoms with E-state index in [0.717, 1.165) is 31.5 Å². The average Bonchev–Trinajstić information content (AvgIpc) is 3.02. The Hall–Kier alpha value is -1.82. The van der Waals surface area contributed by atoms with E-state index in [-0.39, 0.29) is 5.91 Å². The first-order valence-corrected chi connectivity index (χ1v) is 8.52. The summed E-state index contributed by atoms with van der Waals surface area (Å²) in [6.07, 6.45) is 1.93. The van der Waals surface area contributed by atoms with Crippen molar-refractivity contribution in [3.05, 3.63) is 30.3 Å². The van der Waals surface area contributed by atoms with E-state index in [2.05, 4.69) is 24.0 Å². The van der Waals surface area contributed by atoms with Gasteiger partial charge in [0.25, 0.3) is 5.22 Å². The average molecular weight is 319 g/mol. The highest BCUT2D eigenvalue weighted by Crippen LogP contribution is 2.23. The van der Waals surface area contributed by atoms with Crippen LogP contribution in [0.3, 0.4) is 0 Å². The number of nitrogens with zero attached hydrogens (tertiary/aromatic N) is 3. The number of hydrogen-bond acceptors (Lipinski definition) is 5. The van der Waals surface area contributed by atoms with E-state index in [9.17, 15) is 4.79 Å². The van der Waals surface area contributed by atoms with Crippen LogP contribution in [0.15, 0.2) is 40.0 Å². The molecule has 22 heavy (non-hydrogen) atoms. The summed E-state index contributed by atoms with van der Waals surface area (Å²) in [5.41, 5.74) is 0.881. The standard InChI is InChI=1S/C16H21N3O2S/c1-3-10-19(11-4-2)14(20)12-22-16-18-17-15(21-16)13-8-6-5-7-9-13/h5-9H,3-4,10-12H2,1-2H3. The molecule has 0 bridgehead atoms. The molecule has 1 aromatic carbocycles. The lowest BCUT2D eigenvalue weighted by atomic mass is 10.2. The fraction of sp³-hybridized carbons (Fsp3) is 0.438. The largest absolute Gasteiger partial charge is 0.411 e. The van der Waals surface area contributed by atoms with Gasteiger partial charge in [-0.1, -0.05) is 43.8 Å². The molecular formula is C16H21N3O2S. The van der Waals surface area contributed by atoms with Gasteiger partial charge in [0.05, 0.1) is 5.75 Å². The predicted octanol–water partition coefficient (Wildman–Crippen LogP) is 3.48. The van der Waals surface area contributed by atoms with Gasteiger partial charge in [-0.3, -0.25) is 4.79 Å². The first-order chi connectivity index (χ1) is 10.7. The highest BCUT2D eigenvalue weighted by Gasteiger charge is 2.15. The van der Waals surface area contributed by atoms with Gasteiger partial charge in [0.1, 0.15) is 0 Å². The fourth-order valence-electron chi connectivity index (χ4n) is 2.08. The minimum Gasteiger partial charge on any atom is -0.411 e. The smallest absolute Gasteiger partial charge is 0.277 e. The van der Waals surface area contributed by atoms with Crippen LogP contribution in [0.5, 0.6) is 0 Å². The lowest BCUT2D eigenvalue weighted by molar-refractivity contribution is -0.128. The molecule has 0 saturated carbocycles. The Morgan fingerprint density at radius 3 is 2.45 bits per heavy atom. The molecule has 0 atom stereocenters. The summed E-state index contributed by atoms with van der Waals surface area (Å²) < 4.78 is 5.59. The number of hydrogen-bond donors (Lipinski definition) is 0. The molecule has 0 saturated heterocycles. The molecule has 1 heterocycles. The van der Waals surface area contributed by atoms with E-state index >= 15 is 0 Å². The second kappa shape index (κ2) is 8.58. The molecule has 1 aromatic heterocycles. The molecule has 6 heteroatoms. The third kappa shape index (κ3) is 4.59. The van der Waals surface area contributed by atoms with E-state index in [0.29, 0.717) is 16.9 Å². The normalized spacial score (nSPS) is 10.6. The molecule has 1 amide bonds. The summed E-state index contributed by atoms with van der Waals surface area (Å²) in [4.78, 5) is 14.1. The first kappa shape index (κ1) is 16.5. The van der Waals surface area contributed by atoms with E-state index < -0.39 is 0 Å². The highest BCUT2D eigenvalue weighted by atomic mass is 32.2. The maximum absolute atomic E-state index is 12.2. The lowest BCUT2D eigenvalue weighted by Gasteiger charge is -2.20. The zero-order valence-corrected chi connectivity index (χ0v) is 13.8. The Bertz CT molecular complexity index is 580. The summed E-state index contributed by atoms with van der Waals surface area (Å²) in [6, 6.07) is 9.60. The van der Waals surface area contributed by atoms with Crippen LogP contribution in [0.2, 0.25) is 0 Å². The number of carbonyl (C=O) groups excluding carboxylic acids is 1. The molecule has 118 valence electrons. The number of amides is 1. The molecule has 2 rings (SSSR count). The maximum atomic E-state index is 12.2. The third-order valence-electron chi connectivity index (χ3n) is 3.09. The molecular weight excluding hydrogens is 298 g/mol. The summed E-state index contributed by atoms with van der Waals surface area (Å²) in [5.74, 6) is 0.929.